The maximum Gasteiger partial charge on any atom is 0.338 e. The number of carbonyl (C=O) groups excluding carboxylic acids is 3. The lowest BCUT2D eigenvalue weighted by Crippen LogP contribution is -2.57. The van der Waals surface area contributed by atoms with E-state index in [1.54, 1.807) is 48.5 Å². The molecule has 0 radical (unpaired) electrons. The predicted molar refractivity (Wildman–Crippen MR) is 120 cm³/mol. The highest BCUT2D eigenvalue weighted by Crippen LogP contribution is 2.35. The number of ether oxygens (including phenoxy) is 3. The Hall–Kier alpha value is -3.65. The Morgan fingerprint density at radius 1 is 0.938 bits per heavy atom. The van der Waals surface area contributed by atoms with Crippen LogP contribution in [0.5, 0.6) is 11.5 Å². The summed E-state index contributed by atoms with van der Waals surface area (Å²) < 4.78 is 16.3. The number of hydrogen-bond acceptors (Lipinski definition) is 6. The van der Waals surface area contributed by atoms with E-state index in [0.717, 1.165) is 9.80 Å². The standard InChI is InChI=1S/C24H26N2O6/c1-16(2)32-21-17(9-8-12-20(21)31-4)15-19-22(27)25(13-14-30-3)24(29)26(23(19)28)18-10-6-5-7-11-18/h5-12,15-16H,13-14H2,1-4H3/b19-15-. The first kappa shape index (κ1) is 23.0. The van der Waals surface area contributed by atoms with Gasteiger partial charge in [-0.15, -0.1) is 0 Å². The highest BCUT2D eigenvalue weighted by molar-refractivity contribution is 6.39. The van der Waals surface area contributed by atoms with Gasteiger partial charge in [0.05, 0.1) is 32.1 Å². The van der Waals surface area contributed by atoms with Crippen molar-refractivity contribution in [1.82, 2.24) is 4.90 Å². The molecule has 1 aliphatic rings. The van der Waals surface area contributed by atoms with Crippen molar-refractivity contribution in [2.24, 2.45) is 0 Å². The first-order chi connectivity index (χ1) is 15.4. The Morgan fingerprint density at radius 3 is 2.28 bits per heavy atom. The summed E-state index contributed by atoms with van der Waals surface area (Å²) in [6, 6.07) is 12.9. The van der Waals surface area contributed by atoms with Gasteiger partial charge in [0.15, 0.2) is 11.5 Å². The molecule has 1 saturated heterocycles. The van der Waals surface area contributed by atoms with E-state index in [-0.39, 0.29) is 24.8 Å². The van der Waals surface area contributed by atoms with Gasteiger partial charge in [0.1, 0.15) is 5.57 Å². The number of methoxy groups -OCH3 is 2. The average molecular weight is 438 g/mol. The van der Waals surface area contributed by atoms with Crippen LogP contribution in [0.4, 0.5) is 10.5 Å². The molecule has 1 aliphatic heterocycles. The highest BCUT2D eigenvalue weighted by atomic mass is 16.5. The second-order valence-electron chi connectivity index (χ2n) is 7.31. The molecule has 0 aliphatic carbocycles. The molecule has 2 aromatic carbocycles. The molecule has 0 spiro atoms. The number of rotatable bonds is 8. The zero-order valence-corrected chi connectivity index (χ0v) is 18.5. The van der Waals surface area contributed by atoms with Gasteiger partial charge in [0.25, 0.3) is 11.8 Å². The van der Waals surface area contributed by atoms with Gasteiger partial charge >= 0.3 is 6.03 Å². The van der Waals surface area contributed by atoms with Crippen molar-refractivity contribution >= 4 is 29.6 Å². The van der Waals surface area contributed by atoms with Crippen LogP contribution in [0.15, 0.2) is 54.1 Å². The van der Waals surface area contributed by atoms with Gasteiger partial charge in [0.2, 0.25) is 0 Å². The number of urea groups is 1. The summed E-state index contributed by atoms with van der Waals surface area (Å²) in [5.41, 5.74) is 0.697. The molecule has 8 heteroatoms. The quantitative estimate of drug-likeness (QED) is 0.463. The van der Waals surface area contributed by atoms with E-state index in [1.807, 2.05) is 13.8 Å². The minimum absolute atomic E-state index is 0.00951. The van der Waals surface area contributed by atoms with E-state index < -0.39 is 17.8 Å². The zero-order valence-electron chi connectivity index (χ0n) is 18.5. The molecule has 0 N–H and O–H groups in total. The van der Waals surface area contributed by atoms with Crippen LogP contribution in [0.2, 0.25) is 0 Å². The number of nitrogens with zero attached hydrogens (tertiary/aromatic N) is 2. The largest absolute Gasteiger partial charge is 0.493 e. The third-order valence-corrected chi connectivity index (χ3v) is 4.75. The molecule has 168 valence electrons. The molecule has 0 aromatic heterocycles. The first-order valence-electron chi connectivity index (χ1n) is 10.2. The van der Waals surface area contributed by atoms with Crippen molar-refractivity contribution in [3.8, 4) is 11.5 Å². The van der Waals surface area contributed by atoms with E-state index in [1.165, 1.54) is 20.3 Å². The Balaban J connectivity index is 2.13. The van der Waals surface area contributed by atoms with Crippen molar-refractivity contribution in [2.45, 2.75) is 20.0 Å². The van der Waals surface area contributed by atoms with Crippen molar-refractivity contribution in [1.29, 1.82) is 0 Å². The van der Waals surface area contributed by atoms with E-state index in [2.05, 4.69) is 0 Å². The summed E-state index contributed by atoms with van der Waals surface area (Å²) in [7, 11) is 2.99. The van der Waals surface area contributed by atoms with Gasteiger partial charge in [-0.2, -0.15) is 0 Å². The molecular formula is C24H26N2O6. The number of para-hydroxylation sites is 2. The van der Waals surface area contributed by atoms with Crippen molar-refractivity contribution < 1.29 is 28.6 Å². The molecular weight excluding hydrogens is 412 g/mol. The Bertz CT molecular complexity index is 1030. The number of hydrogen-bond donors (Lipinski definition) is 0. The molecule has 0 atom stereocenters. The normalized spacial score (nSPS) is 15.7. The molecule has 0 saturated carbocycles. The molecule has 2 aromatic rings. The molecule has 32 heavy (non-hydrogen) atoms. The molecule has 1 fully saturated rings. The second kappa shape index (κ2) is 10.1. The van der Waals surface area contributed by atoms with Crippen molar-refractivity contribution in [3.05, 3.63) is 59.7 Å². The van der Waals surface area contributed by atoms with Gasteiger partial charge in [-0.1, -0.05) is 30.3 Å². The van der Waals surface area contributed by atoms with Crippen LogP contribution >= 0.6 is 0 Å². The Labute approximate surface area is 187 Å². The number of imide groups is 2. The van der Waals surface area contributed by atoms with E-state index in [9.17, 15) is 14.4 Å². The average Bonchev–Trinajstić information content (AvgIpc) is 2.78. The number of barbiturate groups is 1. The number of carbonyl (C=O) groups is 3. The van der Waals surface area contributed by atoms with Crippen molar-refractivity contribution in [3.63, 3.8) is 0 Å². The summed E-state index contributed by atoms with van der Waals surface area (Å²) in [5.74, 6) is -0.526. The van der Waals surface area contributed by atoms with Gasteiger partial charge in [-0.05, 0) is 38.1 Å². The van der Waals surface area contributed by atoms with Gasteiger partial charge in [0, 0.05) is 12.7 Å². The first-order valence-corrected chi connectivity index (χ1v) is 10.2. The fourth-order valence-electron chi connectivity index (χ4n) is 3.28. The van der Waals surface area contributed by atoms with Gasteiger partial charge < -0.3 is 14.2 Å². The van der Waals surface area contributed by atoms with Gasteiger partial charge in [-0.3, -0.25) is 14.5 Å². The van der Waals surface area contributed by atoms with Crippen LogP contribution in [0, 0.1) is 0 Å². The smallest absolute Gasteiger partial charge is 0.338 e. The molecule has 3 rings (SSSR count). The summed E-state index contributed by atoms with van der Waals surface area (Å²) in [5, 5.41) is 0. The minimum Gasteiger partial charge on any atom is -0.493 e. The lowest BCUT2D eigenvalue weighted by atomic mass is 10.0. The SMILES string of the molecule is COCCN1C(=O)/C(=C/c2cccc(OC)c2OC(C)C)C(=O)N(c2ccccc2)C1=O. The summed E-state index contributed by atoms with van der Waals surface area (Å²) >= 11 is 0. The molecule has 0 unspecified atom stereocenters. The number of benzene rings is 2. The fourth-order valence-corrected chi connectivity index (χ4v) is 3.28. The molecule has 0 bridgehead atoms. The van der Waals surface area contributed by atoms with E-state index in [0.29, 0.717) is 22.7 Å². The summed E-state index contributed by atoms with van der Waals surface area (Å²) in [6.07, 6.45) is 1.27. The zero-order chi connectivity index (χ0) is 23.3. The Morgan fingerprint density at radius 2 is 1.66 bits per heavy atom. The molecule has 4 amide bonds. The molecule has 1 heterocycles. The molecule has 8 nitrogen and oxygen atoms in total. The lowest BCUT2D eigenvalue weighted by Gasteiger charge is -2.33. The van der Waals surface area contributed by atoms with Crippen molar-refractivity contribution in [2.75, 3.05) is 32.3 Å². The topological polar surface area (TPSA) is 85.4 Å². The second-order valence-corrected chi connectivity index (χ2v) is 7.31. The third kappa shape index (κ3) is 4.65. The minimum atomic E-state index is -0.718. The maximum absolute atomic E-state index is 13.3. The number of amides is 4. The Kier molecular flexibility index (Phi) is 7.27. The third-order valence-electron chi connectivity index (χ3n) is 4.75. The van der Waals surface area contributed by atoms with Gasteiger partial charge in [-0.25, -0.2) is 9.69 Å². The predicted octanol–water partition coefficient (Wildman–Crippen LogP) is 3.51. The van der Waals surface area contributed by atoms with Crippen LogP contribution < -0.4 is 14.4 Å². The van der Waals surface area contributed by atoms with Crippen LogP contribution in [0.25, 0.3) is 6.08 Å². The summed E-state index contributed by atoms with van der Waals surface area (Å²) in [4.78, 5) is 41.6. The lowest BCUT2D eigenvalue weighted by molar-refractivity contribution is -0.129. The van der Waals surface area contributed by atoms with Crippen LogP contribution in [0.1, 0.15) is 19.4 Å². The van der Waals surface area contributed by atoms with Crippen LogP contribution in [0.3, 0.4) is 0 Å². The number of anilines is 1. The highest BCUT2D eigenvalue weighted by Gasteiger charge is 2.42. The monoisotopic (exact) mass is 438 g/mol. The van der Waals surface area contributed by atoms with Crippen LogP contribution in [-0.2, 0) is 14.3 Å². The van der Waals surface area contributed by atoms with Crippen LogP contribution in [-0.4, -0.2) is 56.2 Å². The fraction of sp³-hybridized carbons (Fsp3) is 0.292. The van der Waals surface area contributed by atoms with E-state index >= 15 is 0 Å². The maximum atomic E-state index is 13.3. The van der Waals surface area contributed by atoms with E-state index in [4.69, 9.17) is 14.2 Å². The summed E-state index contributed by atoms with van der Waals surface area (Å²) in [6.45, 7) is 3.88.